The molecule has 0 saturated carbocycles. The number of halogens is 1. The summed E-state index contributed by atoms with van der Waals surface area (Å²) in [5, 5.41) is 0. The number of unbranched alkanes of at least 4 members (excludes halogenated alkanes) is 15. The van der Waals surface area contributed by atoms with Gasteiger partial charge in [-0.15, -0.1) is 10.2 Å². The third kappa shape index (κ3) is 17.1. The Morgan fingerprint density at radius 3 is 1.73 bits per heavy atom. The summed E-state index contributed by atoms with van der Waals surface area (Å²) in [4.78, 5) is 12.5. The van der Waals surface area contributed by atoms with E-state index in [0.29, 0.717) is 12.2 Å². The van der Waals surface area contributed by atoms with Gasteiger partial charge in [-0.1, -0.05) is 139 Å². The third-order valence-corrected chi connectivity index (χ3v) is 9.79. The molecule has 0 bridgehead atoms. The summed E-state index contributed by atoms with van der Waals surface area (Å²) in [6.45, 7) is 3.61. The van der Waals surface area contributed by atoms with E-state index >= 15 is 0 Å². The number of hydrogen-bond donors (Lipinski definition) is 0. The largest absolute Gasteiger partial charge is 0.462 e. The van der Waals surface area contributed by atoms with Crippen LogP contribution in [-0.4, -0.2) is 18.8 Å². The van der Waals surface area contributed by atoms with Crippen LogP contribution < -0.4 is 23.2 Å². The van der Waals surface area contributed by atoms with Gasteiger partial charge in [0.15, 0.2) is 6.54 Å². The molecule has 7 nitrogen and oxygen atoms in total. The maximum atomic E-state index is 12.5. The third-order valence-electron chi connectivity index (χ3n) is 7.51. The molecule has 0 radical (unpaired) electrons. The molecule has 0 amide bonds. The van der Waals surface area contributed by atoms with Gasteiger partial charge < -0.3 is 4.74 Å². The highest BCUT2D eigenvalue weighted by Crippen LogP contribution is 2.26. The van der Waals surface area contributed by atoms with Crippen LogP contribution in [-0.2, 0) is 11.3 Å². The second kappa shape index (κ2) is 22.7. The first-order valence-corrected chi connectivity index (χ1v) is 19.3. The summed E-state index contributed by atoms with van der Waals surface area (Å²) in [7, 11) is -4.94. The summed E-state index contributed by atoms with van der Waals surface area (Å²) >= 11 is 3.61. The Morgan fingerprint density at radius 1 is 0.750 bits per heavy atom. The first-order valence-electron chi connectivity index (χ1n) is 16.1. The van der Waals surface area contributed by atoms with Crippen molar-refractivity contribution < 1.29 is 43.0 Å². The highest BCUT2D eigenvalue weighted by molar-refractivity contribution is 8.00. The van der Waals surface area contributed by atoms with Gasteiger partial charge in [0.1, 0.15) is 4.70 Å². The maximum Gasteiger partial charge on any atom is 0.338 e. The molecule has 3 rings (SSSR count). The number of nitrogens with zero attached hydrogens (tertiary/aromatic N) is 1. The zero-order valence-electron chi connectivity index (χ0n) is 26.4. The number of aromatic nitrogens is 1. The van der Waals surface area contributed by atoms with Gasteiger partial charge in [-0.2, -0.15) is 4.57 Å². The van der Waals surface area contributed by atoms with E-state index in [-0.39, 0.29) is 5.97 Å². The molecule has 0 spiro atoms. The van der Waals surface area contributed by atoms with Gasteiger partial charge in [0.05, 0.1) is 12.2 Å². The van der Waals surface area contributed by atoms with Crippen LogP contribution in [0.15, 0.2) is 52.9 Å². The van der Waals surface area contributed by atoms with Crippen molar-refractivity contribution in [2.45, 2.75) is 121 Å². The summed E-state index contributed by atoms with van der Waals surface area (Å²) in [6, 6.07) is 16.4. The molecular weight excluding hydrogens is 618 g/mol. The molecule has 0 unspecified atom stereocenters. The zero-order valence-corrected chi connectivity index (χ0v) is 28.8. The summed E-state index contributed by atoms with van der Waals surface area (Å²) in [5.41, 5.74) is 3.09. The van der Waals surface area contributed by atoms with Crippen LogP contribution in [0, 0.1) is 10.2 Å². The van der Waals surface area contributed by atoms with Crippen molar-refractivity contribution in [2.24, 2.45) is 0 Å². The van der Waals surface area contributed by atoms with Gasteiger partial charge in [0, 0.05) is 11.6 Å². The number of fused-ring (bicyclic) bond motifs is 1. The first-order chi connectivity index (χ1) is 21.2. The van der Waals surface area contributed by atoms with E-state index in [1.807, 2.05) is 23.5 Å². The fourth-order valence-electron chi connectivity index (χ4n) is 5.14. The molecule has 44 heavy (non-hydrogen) atoms. The summed E-state index contributed by atoms with van der Waals surface area (Å²) < 4.78 is 44.5. The average Bonchev–Trinajstić information content (AvgIpc) is 3.35. The number of carbonyl (C=O) groups excluding carboxylic acids is 1. The molecule has 0 N–H and O–H groups in total. The van der Waals surface area contributed by atoms with E-state index < -0.39 is 10.2 Å². The molecule has 0 saturated heterocycles. The molecule has 0 aliphatic rings. The summed E-state index contributed by atoms with van der Waals surface area (Å²) in [6.07, 6.45) is 23.7. The number of ether oxygens (including phenoxy) is 1. The minimum atomic E-state index is -4.94. The molecule has 0 aliphatic heterocycles. The minimum absolute atomic E-state index is 0.207. The number of rotatable bonds is 21. The topological polar surface area (TPSA) is 122 Å². The van der Waals surface area contributed by atoms with Gasteiger partial charge in [-0.3, -0.25) is 0 Å². The number of thiazole rings is 1. The van der Waals surface area contributed by atoms with Crippen molar-refractivity contribution >= 4 is 39.3 Å². The van der Waals surface area contributed by atoms with Crippen LogP contribution >= 0.6 is 23.1 Å². The number of esters is 1. The van der Waals surface area contributed by atoms with Crippen molar-refractivity contribution in [3.8, 4) is 0 Å². The van der Waals surface area contributed by atoms with E-state index in [2.05, 4.69) is 54.1 Å². The van der Waals surface area contributed by atoms with Crippen LogP contribution in [0.2, 0.25) is 0 Å². The van der Waals surface area contributed by atoms with Crippen LogP contribution in [0.3, 0.4) is 0 Å². The van der Waals surface area contributed by atoms with Crippen LogP contribution in [0.1, 0.15) is 126 Å². The summed E-state index contributed by atoms with van der Waals surface area (Å²) in [5.74, 6) is -0.207. The highest BCUT2D eigenvalue weighted by Gasteiger charge is 2.20. The lowest BCUT2D eigenvalue weighted by molar-refractivity contribution is -2.00. The molecule has 2 aromatic carbocycles. The van der Waals surface area contributed by atoms with Gasteiger partial charge >= 0.3 is 5.97 Å². The van der Waals surface area contributed by atoms with E-state index in [1.165, 1.54) is 110 Å². The van der Waals surface area contributed by atoms with E-state index in [1.54, 1.807) is 11.8 Å². The zero-order chi connectivity index (χ0) is 32.0. The smallest absolute Gasteiger partial charge is 0.338 e. The predicted octanol–water partition coefficient (Wildman–Crippen LogP) is 5.62. The number of carbonyl (C=O) groups is 1. The minimum Gasteiger partial charge on any atom is -0.462 e. The van der Waals surface area contributed by atoms with Crippen molar-refractivity contribution in [1.29, 1.82) is 0 Å². The molecular formula is C34H50ClNO6S2. The molecule has 3 aromatic rings. The molecule has 0 atom stereocenters. The van der Waals surface area contributed by atoms with Crippen LogP contribution in [0.25, 0.3) is 10.2 Å². The normalized spacial score (nSPS) is 11.4. The molecule has 1 aromatic heterocycles. The van der Waals surface area contributed by atoms with Gasteiger partial charge in [-0.25, -0.2) is 23.4 Å². The van der Waals surface area contributed by atoms with Crippen molar-refractivity contribution in [1.82, 2.24) is 0 Å². The Bertz CT molecular complexity index is 1180. The van der Waals surface area contributed by atoms with Crippen molar-refractivity contribution in [3.63, 3.8) is 0 Å². The number of para-hydroxylation sites is 1. The number of benzene rings is 2. The van der Waals surface area contributed by atoms with Crippen LogP contribution in [0.5, 0.6) is 0 Å². The first kappa shape index (κ1) is 38.5. The Labute approximate surface area is 274 Å². The lowest BCUT2D eigenvalue weighted by atomic mass is 10.0. The Kier molecular flexibility index (Phi) is 19.9. The maximum absolute atomic E-state index is 12.5. The molecule has 246 valence electrons. The second-order valence-corrected chi connectivity index (χ2v) is 14.0. The molecule has 0 aliphatic carbocycles. The van der Waals surface area contributed by atoms with Crippen LogP contribution in [0.4, 0.5) is 0 Å². The van der Waals surface area contributed by atoms with Gasteiger partial charge in [0.25, 0.3) is 4.34 Å². The highest BCUT2D eigenvalue weighted by atomic mass is 35.7. The van der Waals surface area contributed by atoms with Gasteiger partial charge in [0.2, 0.25) is 5.52 Å². The second-order valence-electron chi connectivity index (χ2n) is 11.1. The van der Waals surface area contributed by atoms with E-state index in [9.17, 15) is 4.79 Å². The molecule has 10 heteroatoms. The van der Waals surface area contributed by atoms with Crippen molar-refractivity contribution in [3.05, 3.63) is 59.7 Å². The Hall–Kier alpha value is -1.72. The quantitative estimate of drug-likeness (QED) is 0.0625. The van der Waals surface area contributed by atoms with E-state index in [0.717, 1.165) is 19.4 Å². The fourth-order valence-corrected chi connectivity index (χ4v) is 7.02. The average molecular weight is 668 g/mol. The lowest BCUT2D eigenvalue weighted by Gasteiger charge is -2.17. The monoisotopic (exact) mass is 667 g/mol. The van der Waals surface area contributed by atoms with E-state index in [4.69, 9.17) is 23.4 Å². The number of hydrogen-bond acceptors (Lipinski definition) is 8. The standard InChI is InChI=1S/C34H50NO2S2.ClHO4/c1-3-4-5-6-7-8-9-10-11-12-13-14-15-16-17-20-27-37-33(36)30-25-23-29(24-26-30)28-35-31-21-18-19-22-32(31)39-34(35)38-2;2-1(3,4)5/h18-19,21-26H,3-17,20,27-28H2,1-2H3;(H,2,3,4,5)/q+1;/p-1. The fraction of sp³-hybridized carbons (Fsp3) is 0.588. The lowest BCUT2D eigenvalue weighted by Crippen LogP contribution is -2.68. The SMILES string of the molecule is CCCCCCCCCCCCCCCCCCOC(=O)c1ccc(C[n+]2c(SC)sc3ccccc32)cc1.[O-][Cl+3]([O-])([O-])[O-]. The Morgan fingerprint density at radius 2 is 1.23 bits per heavy atom. The van der Waals surface area contributed by atoms with Crippen molar-refractivity contribution in [2.75, 3.05) is 12.9 Å². The molecule has 1 heterocycles. The van der Waals surface area contributed by atoms with Gasteiger partial charge in [-0.05, 0) is 42.6 Å². The number of thioether (sulfide) groups is 1. The molecule has 0 fully saturated rings. The predicted molar refractivity (Wildman–Crippen MR) is 169 cm³/mol. The Balaban J connectivity index is 0.00000125.